The first kappa shape index (κ1) is 20.1. The number of rotatable bonds is 8. The smallest absolute Gasteiger partial charge is 0.317 e. The van der Waals surface area contributed by atoms with Crippen molar-refractivity contribution in [3.05, 3.63) is 52.1 Å². The minimum Gasteiger partial charge on any atom is -0.494 e. The maximum absolute atomic E-state index is 12.1. The van der Waals surface area contributed by atoms with Crippen LogP contribution in [0.3, 0.4) is 0 Å². The molecule has 1 aromatic carbocycles. The van der Waals surface area contributed by atoms with Gasteiger partial charge in [-0.25, -0.2) is 9.78 Å². The molecule has 0 spiro atoms. The van der Waals surface area contributed by atoms with E-state index in [4.69, 9.17) is 27.9 Å². The second-order valence-electron chi connectivity index (χ2n) is 5.58. The van der Waals surface area contributed by atoms with Crippen molar-refractivity contribution in [2.45, 2.75) is 13.5 Å². The minimum atomic E-state index is -0.157. The molecule has 0 saturated heterocycles. The third kappa shape index (κ3) is 6.28. The van der Waals surface area contributed by atoms with E-state index in [-0.39, 0.29) is 6.03 Å². The highest BCUT2D eigenvalue weighted by Crippen LogP contribution is 2.22. The van der Waals surface area contributed by atoms with Crippen molar-refractivity contribution < 1.29 is 9.53 Å². The van der Waals surface area contributed by atoms with Gasteiger partial charge in [-0.2, -0.15) is 0 Å². The lowest BCUT2D eigenvalue weighted by atomic mass is 10.2. The molecular weight excluding hydrogens is 375 g/mol. The Hall–Kier alpha value is -2.18. The summed E-state index contributed by atoms with van der Waals surface area (Å²) < 4.78 is 5.41. The molecular formula is C18H22Cl2N4O2. The molecule has 2 aromatic rings. The largest absolute Gasteiger partial charge is 0.494 e. The SMILES string of the molecule is CCOc1ccc(CN(C)C(=O)NCCNc2ncc(Cl)cc2Cl)cc1. The Morgan fingerprint density at radius 3 is 2.62 bits per heavy atom. The van der Waals surface area contributed by atoms with Crippen LogP contribution in [0, 0.1) is 0 Å². The van der Waals surface area contributed by atoms with E-state index in [0.717, 1.165) is 11.3 Å². The van der Waals surface area contributed by atoms with Crippen molar-refractivity contribution in [2.24, 2.45) is 0 Å². The molecule has 0 fully saturated rings. The van der Waals surface area contributed by atoms with Crippen molar-refractivity contribution in [3.8, 4) is 5.75 Å². The molecule has 0 atom stereocenters. The number of ether oxygens (including phenoxy) is 1. The predicted molar refractivity (Wildman–Crippen MR) is 105 cm³/mol. The number of nitrogens with one attached hydrogen (secondary N) is 2. The summed E-state index contributed by atoms with van der Waals surface area (Å²) >= 11 is 11.8. The van der Waals surface area contributed by atoms with E-state index >= 15 is 0 Å². The summed E-state index contributed by atoms with van der Waals surface area (Å²) in [7, 11) is 1.75. The van der Waals surface area contributed by atoms with Crippen LogP contribution in [0.2, 0.25) is 10.0 Å². The summed E-state index contributed by atoms with van der Waals surface area (Å²) in [6.07, 6.45) is 1.51. The Morgan fingerprint density at radius 2 is 1.96 bits per heavy atom. The molecule has 0 aliphatic heterocycles. The van der Waals surface area contributed by atoms with Crippen molar-refractivity contribution in [2.75, 3.05) is 32.1 Å². The number of carbonyl (C=O) groups excluding carboxylic acids is 1. The number of halogens is 2. The van der Waals surface area contributed by atoms with Gasteiger partial charge in [-0.05, 0) is 30.7 Å². The van der Waals surface area contributed by atoms with Crippen molar-refractivity contribution >= 4 is 35.1 Å². The summed E-state index contributed by atoms with van der Waals surface area (Å²) in [5.74, 6) is 1.36. The maximum atomic E-state index is 12.1. The van der Waals surface area contributed by atoms with Gasteiger partial charge in [-0.3, -0.25) is 0 Å². The average Bonchev–Trinajstić information content (AvgIpc) is 2.62. The van der Waals surface area contributed by atoms with Gasteiger partial charge in [0.15, 0.2) is 0 Å². The molecule has 2 N–H and O–H groups in total. The lowest BCUT2D eigenvalue weighted by Gasteiger charge is -2.18. The van der Waals surface area contributed by atoms with Crippen LogP contribution in [0.5, 0.6) is 5.75 Å². The molecule has 0 radical (unpaired) electrons. The highest BCUT2D eigenvalue weighted by Gasteiger charge is 2.09. The van der Waals surface area contributed by atoms with Gasteiger partial charge in [0, 0.05) is 32.9 Å². The van der Waals surface area contributed by atoms with Gasteiger partial charge in [-0.1, -0.05) is 35.3 Å². The van der Waals surface area contributed by atoms with Crippen molar-refractivity contribution in [1.29, 1.82) is 0 Å². The molecule has 0 aliphatic rings. The zero-order chi connectivity index (χ0) is 18.9. The van der Waals surface area contributed by atoms with Crippen LogP contribution in [-0.4, -0.2) is 42.7 Å². The number of pyridine rings is 1. The summed E-state index contributed by atoms with van der Waals surface area (Å²) in [4.78, 5) is 17.9. The highest BCUT2D eigenvalue weighted by molar-refractivity contribution is 6.35. The number of benzene rings is 1. The zero-order valence-corrected chi connectivity index (χ0v) is 16.3. The van der Waals surface area contributed by atoms with Crippen molar-refractivity contribution in [3.63, 3.8) is 0 Å². The third-order valence-corrected chi connectivity index (χ3v) is 4.00. The van der Waals surface area contributed by atoms with Gasteiger partial charge in [-0.15, -0.1) is 0 Å². The fraction of sp³-hybridized carbons (Fsp3) is 0.333. The Balaban J connectivity index is 1.73. The third-order valence-electron chi connectivity index (χ3n) is 3.50. The van der Waals surface area contributed by atoms with E-state index in [0.29, 0.717) is 42.1 Å². The first-order valence-electron chi connectivity index (χ1n) is 8.25. The zero-order valence-electron chi connectivity index (χ0n) is 14.8. The van der Waals surface area contributed by atoms with Crippen molar-refractivity contribution in [1.82, 2.24) is 15.2 Å². The van der Waals surface area contributed by atoms with E-state index < -0.39 is 0 Å². The number of carbonyl (C=O) groups is 1. The molecule has 6 nitrogen and oxygen atoms in total. The standard InChI is InChI=1S/C18H22Cl2N4O2/c1-3-26-15-6-4-13(5-7-15)12-24(2)18(25)22-9-8-21-17-16(20)10-14(19)11-23-17/h4-7,10-11H,3,8-9,12H2,1-2H3,(H,21,23)(H,22,25). The average molecular weight is 397 g/mol. The van der Waals surface area contributed by atoms with Gasteiger partial charge in [0.1, 0.15) is 11.6 Å². The number of hydrogen-bond donors (Lipinski definition) is 2. The van der Waals surface area contributed by atoms with E-state index in [1.807, 2.05) is 31.2 Å². The second kappa shape index (κ2) is 10.1. The van der Waals surface area contributed by atoms with Crippen LogP contribution in [0.4, 0.5) is 10.6 Å². The Kier molecular flexibility index (Phi) is 7.81. The van der Waals surface area contributed by atoms with Crippen LogP contribution >= 0.6 is 23.2 Å². The van der Waals surface area contributed by atoms with E-state index in [9.17, 15) is 4.79 Å². The van der Waals surface area contributed by atoms with Gasteiger partial charge >= 0.3 is 6.03 Å². The summed E-state index contributed by atoms with van der Waals surface area (Å²) in [6, 6.07) is 9.15. The van der Waals surface area contributed by atoms with Gasteiger partial charge < -0.3 is 20.3 Å². The molecule has 26 heavy (non-hydrogen) atoms. The molecule has 2 amide bonds. The monoisotopic (exact) mass is 396 g/mol. The van der Waals surface area contributed by atoms with Gasteiger partial charge in [0.25, 0.3) is 0 Å². The summed E-state index contributed by atoms with van der Waals surface area (Å²) in [5, 5.41) is 6.81. The molecule has 0 saturated carbocycles. The Labute approximate surface area is 163 Å². The van der Waals surface area contributed by atoms with Gasteiger partial charge in [0.2, 0.25) is 0 Å². The Bertz CT molecular complexity index is 726. The van der Waals surface area contributed by atoms with Gasteiger partial charge in [0.05, 0.1) is 16.7 Å². The van der Waals surface area contributed by atoms with Crippen LogP contribution in [0.1, 0.15) is 12.5 Å². The molecule has 0 unspecified atom stereocenters. The quantitative estimate of drug-likeness (QED) is 0.660. The first-order valence-corrected chi connectivity index (χ1v) is 9.00. The lowest BCUT2D eigenvalue weighted by molar-refractivity contribution is 0.207. The number of nitrogens with zero attached hydrogens (tertiary/aromatic N) is 2. The first-order chi connectivity index (χ1) is 12.5. The van der Waals surface area contributed by atoms with E-state index in [1.54, 1.807) is 18.0 Å². The fourth-order valence-electron chi connectivity index (χ4n) is 2.23. The normalized spacial score (nSPS) is 10.3. The summed E-state index contributed by atoms with van der Waals surface area (Å²) in [6.45, 7) is 4.02. The molecule has 0 aliphatic carbocycles. The minimum absolute atomic E-state index is 0.157. The van der Waals surface area contributed by atoms with Crippen LogP contribution < -0.4 is 15.4 Å². The lowest BCUT2D eigenvalue weighted by Crippen LogP contribution is -2.39. The Morgan fingerprint density at radius 1 is 1.23 bits per heavy atom. The molecule has 2 rings (SSSR count). The number of hydrogen-bond acceptors (Lipinski definition) is 4. The molecule has 0 bridgehead atoms. The predicted octanol–water partition coefficient (Wildman–Crippen LogP) is 4.04. The van der Waals surface area contributed by atoms with Crippen LogP contribution in [-0.2, 0) is 6.54 Å². The molecule has 1 heterocycles. The van der Waals surface area contributed by atoms with E-state index in [1.165, 1.54) is 6.20 Å². The summed E-state index contributed by atoms with van der Waals surface area (Å²) in [5.41, 5.74) is 1.03. The second-order valence-corrected chi connectivity index (χ2v) is 6.42. The number of amides is 2. The van der Waals surface area contributed by atoms with Crippen LogP contribution in [0.15, 0.2) is 36.5 Å². The topological polar surface area (TPSA) is 66.5 Å². The highest BCUT2D eigenvalue weighted by atomic mass is 35.5. The fourth-order valence-corrected chi connectivity index (χ4v) is 2.68. The number of aromatic nitrogens is 1. The molecule has 1 aromatic heterocycles. The molecule has 8 heteroatoms. The number of anilines is 1. The van der Waals surface area contributed by atoms with Crippen LogP contribution in [0.25, 0.3) is 0 Å². The van der Waals surface area contributed by atoms with E-state index in [2.05, 4.69) is 15.6 Å². The maximum Gasteiger partial charge on any atom is 0.317 e. The molecule has 140 valence electrons. The number of urea groups is 1.